The summed E-state index contributed by atoms with van der Waals surface area (Å²) in [5.41, 5.74) is 0. The molecule has 0 aromatic heterocycles. The zero-order chi connectivity index (χ0) is 11.1. The van der Waals surface area contributed by atoms with E-state index in [0.717, 1.165) is 6.04 Å². The molecule has 1 N–H and O–H groups in total. The van der Waals surface area contributed by atoms with Gasteiger partial charge in [-0.3, -0.25) is 0 Å². The summed E-state index contributed by atoms with van der Waals surface area (Å²) in [5.74, 6) is 0. The monoisotopic (exact) mass is 224 g/mol. The highest BCUT2D eigenvalue weighted by Gasteiger charge is 2.19. The van der Waals surface area contributed by atoms with Gasteiger partial charge in [0.15, 0.2) is 0 Å². The predicted octanol–water partition coefficient (Wildman–Crippen LogP) is 2.78. The summed E-state index contributed by atoms with van der Waals surface area (Å²) in [5, 5.41) is 3.51. The first-order chi connectivity index (χ1) is 7.97. The summed E-state index contributed by atoms with van der Waals surface area (Å²) >= 11 is 0. The number of hydrogen-bond donors (Lipinski definition) is 1. The Bertz CT molecular complexity index is 146. The number of hydrogen-bond acceptors (Lipinski definition) is 2. The van der Waals surface area contributed by atoms with Gasteiger partial charge in [0.2, 0.25) is 0 Å². The zero-order valence-corrected chi connectivity index (χ0v) is 10.7. The van der Waals surface area contributed by atoms with E-state index >= 15 is 0 Å². The Morgan fingerprint density at radius 2 is 1.25 bits per heavy atom. The fourth-order valence-corrected chi connectivity index (χ4v) is 3.22. The van der Waals surface area contributed by atoms with Crippen molar-refractivity contribution in [2.45, 2.75) is 63.8 Å². The standard InChI is InChI=1S/C14H28N2/c1-2-4-8-14(9-5-3-1)16-12-6-10-15-11-7-13-16/h14-15H,1-13H2. The van der Waals surface area contributed by atoms with Crippen molar-refractivity contribution in [2.75, 3.05) is 26.2 Å². The average molecular weight is 224 g/mol. The molecule has 2 fully saturated rings. The van der Waals surface area contributed by atoms with E-state index in [9.17, 15) is 0 Å². The molecular formula is C14H28N2. The molecule has 0 bridgehead atoms. The summed E-state index contributed by atoms with van der Waals surface area (Å²) in [6, 6.07) is 0.915. The van der Waals surface area contributed by atoms with E-state index in [1.165, 1.54) is 84.0 Å². The third-order valence-electron chi connectivity index (χ3n) is 4.19. The minimum absolute atomic E-state index is 0.915. The van der Waals surface area contributed by atoms with E-state index in [2.05, 4.69) is 10.2 Å². The first-order valence-electron chi connectivity index (χ1n) is 7.41. The van der Waals surface area contributed by atoms with Crippen molar-refractivity contribution < 1.29 is 0 Å². The maximum Gasteiger partial charge on any atom is 0.00952 e. The van der Waals surface area contributed by atoms with Crippen molar-refractivity contribution in [2.24, 2.45) is 0 Å². The third kappa shape index (κ3) is 4.06. The molecule has 1 aliphatic heterocycles. The number of nitrogens with one attached hydrogen (secondary N) is 1. The molecule has 2 aliphatic rings. The van der Waals surface area contributed by atoms with E-state index in [4.69, 9.17) is 0 Å². The highest BCUT2D eigenvalue weighted by Crippen LogP contribution is 2.22. The molecule has 2 rings (SSSR count). The molecule has 0 aromatic rings. The minimum Gasteiger partial charge on any atom is -0.317 e. The van der Waals surface area contributed by atoms with Crippen LogP contribution in [0.15, 0.2) is 0 Å². The topological polar surface area (TPSA) is 15.3 Å². The van der Waals surface area contributed by atoms with Crippen molar-refractivity contribution in [3.8, 4) is 0 Å². The summed E-state index contributed by atoms with van der Waals surface area (Å²) in [7, 11) is 0. The fourth-order valence-electron chi connectivity index (χ4n) is 3.22. The van der Waals surface area contributed by atoms with E-state index in [-0.39, 0.29) is 0 Å². The molecule has 1 heterocycles. The summed E-state index contributed by atoms with van der Waals surface area (Å²) in [6.45, 7) is 5.11. The quantitative estimate of drug-likeness (QED) is 0.737. The van der Waals surface area contributed by atoms with E-state index in [1.807, 2.05) is 0 Å². The van der Waals surface area contributed by atoms with Gasteiger partial charge >= 0.3 is 0 Å². The van der Waals surface area contributed by atoms with Crippen LogP contribution in [0.5, 0.6) is 0 Å². The molecule has 94 valence electrons. The molecule has 0 aromatic carbocycles. The van der Waals surface area contributed by atoms with Crippen molar-refractivity contribution in [3.63, 3.8) is 0 Å². The lowest BCUT2D eigenvalue weighted by Crippen LogP contribution is -2.41. The molecule has 16 heavy (non-hydrogen) atoms. The summed E-state index contributed by atoms with van der Waals surface area (Å²) in [4.78, 5) is 2.80. The first kappa shape index (κ1) is 12.4. The molecular weight excluding hydrogens is 196 g/mol. The number of rotatable bonds is 1. The van der Waals surface area contributed by atoms with Gasteiger partial charge in [-0.15, -0.1) is 0 Å². The van der Waals surface area contributed by atoms with Gasteiger partial charge in [0.05, 0.1) is 0 Å². The van der Waals surface area contributed by atoms with E-state index in [0.29, 0.717) is 0 Å². The van der Waals surface area contributed by atoms with Crippen LogP contribution >= 0.6 is 0 Å². The zero-order valence-electron chi connectivity index (χ0n) is 10.7. The van der Waals surface area contributed by atoms with Gasteiger partial charge < -0.3 is 10.2 Å². The van der Waals surface area contributed by atoms with Gasteiger partial charge in [0.1, 0.15) is 0 Å². The van der Waals surface area contributed by atoms with E-state index in [1.54, 1.807) is 0 Å². The maximum atomic E-state index is 3.51. The lowest BCUT2D eigenvalue weighted by molar-refractivity contribution is 0.155. The minimum atomic E-state index is 0.915. The lowest BCUT2D eigenvalue weighted by atomic mass is 9.95. The van der Waals surface area contributed by atoms with Gasteiger partial charge in [0.25, 0.3) is 0 Å². The molecule has 1 saturated heterocycles. The predicted molar refractivity (Wildman–Crippen MR) is 69.8 cm³/mol. The molecule has 0 spiro atoms. The summed E-state index contributed by atoms with van der Waals surface area (Å²) in [6.07, 6.45) is 13.0. The van der Waals surface area contributed by atoms with Gasteiger partial charge in [-0.1, -0.05) is 32.1 Å². The highest BCUT2D eigenvalue weighted by molar-refractivity contribution is 4.75. The van der Waals surface area contributed by atoms with Crippen molar-refractivity contribution in [1.82, 2.24) is 10.2 Å². The lowest BCUT2D eigenvalue weighted by Gasteiger charge is -2.34. The van der Waals surface area contributed by atoms with E-state index < -0.39 is 0 Å². The van der Waals surface area contributed by atoms with Crippen LogP contribution in [0.2, 0.25) is 0 Å². The molecule has 2 heteroatoms. The maximum absolute atomic E-state index is 3.51. The Hall–Kier alpha value is -0.0800. The molecule has 0 atom stereocenters. The molecule has 0 radical (unpaired) electrons. The third-order valence-corrected chi connectivity index (χ3v) is 4.19. The Morgan fingerprint density at radius 1 is 0.688 bits per heavy atom. The Labute approximate surface area is 101 Å². The molecule has 1 aliphatic carbocycles. The molecule has 0 unspecified atom stereocenters. The van der Waals surface area contributed by atoms with Crippen molar-refractivity contribution >= 4 is 0 Å². The Kier molecular flexibility index (Phi) is 5.64. The molecule has 1 saturated carbocycles. The second-order valence-corrected chi connectivity index (χ2v) is 5.49. The van der Waals surface area contributed by atoms with Gasteiger partial charge in [-0.25, -0.2) is 0 Å². The second-order valence-electron chi connectivity index (χ2n) is 5.49. The Balaban J connectivity index is 1.81. The first-order valence-corrected chi connectivity index (χ1v) is 7.41. The fraction of sp³-hybridized carbons (Fsp3) is 1.00. The van der Waals surface area contributed by atoms with Crippen LogP contribution in [0.3, 0.4) is 0 Å². The van der Waals surface area contributed by atoms with Crippen LogP contribution in [0.4, 0.5) is 0 Å². The molecule has 0 amide bonds. The van der Waals surface area contributed by atoms with Crippen LogP contribution in [0.25, 0.3) is 0 Å². The van der Waals surface area contributed by atoms with Crippen LogP contribution in [0.1, 0.15) is 57.8 Å². The summed E-state index contributed by atoms with van der Waals surface area (Å²) < 4.78 is 0. The smallest absolute Gasteiger partial charge is 0.00952 e. The van der Waals surface area contributed by atoms with Gasteiger partial charge in [-0.2, -0.15) is 0 Å². The Morgan fingerprint density at radius 3 is 1.88 bits per heavy atom. The van der Waals surface area contributed by atoms with Crippen molar-refractivity contribution in [1.29, 1.82) is 0 Å². The van der Waals surface area contributed by atoms with Crippen LogP contribution in [0, 0.1) is 0 Å². The van der Waals surface area contributed by atoms with Crippen molar-refractivity contribution in [3.05, 3.63) is 0 Å². The number of nitrogens with zero attached hydrogens (tertiary/aromatic N) is 1. The second kappa shape index (κ2) is 7.29. The molecule has 2 nitrogen and oxygen atoms in total. The van der Waals surface area contributed by atoms with Crippen LogP contribution in [-0.4, -0.2) is 37.1 Å². The highest BCUT2D eigenvalue weighted by atomic mass is 15.2. The average Bonchev–Trinajstić information content (AvgIpc) is 2.18. The normalized spacial score (nSPS) is 27.8. The van der Waals surface area contributed by atoms with Crippen LogP contribution < -0.4 is 5.32 Å². The largest absolute Gasteiger partial charge is 0.317 e. The van der Waals surface area contributed by atoms with Crippen LogP contribution in [-0.2, 0) is 0 Å². The van der Waals surface area contributed by atoms with Gasteiger partial charge in [0, 0.05) is 6.04 Å². The SMILES string of the molecule is C1CCCC(N2CCCNCCC2)CCC1. The van der Waals surface area contributed by atoms with Gasteiger partial charge in [-0.05, 0) is 51.9 Å².